The quantitative estimate of drug-likeness (QED) is 0.882. The molecule has 1 aliphatic heterocycles. The third-order valence-corrected chi connectivity index (χ3v) is 4.74. The van der Waals surface area contributed by atoms with Crippen LogP contribution in [0, 0.1) is 11.3 Å². The van der Waals surface area contributed by atoms with Crippen LogP contribution in [0.25, 0.3) is 0 Å². The van der Waals surface area contributed by atoms with Gasteiger partial charge in [-0.25, -0.2) is 0 Å². The summed E-state index contributed by atoms with van der Waals surface area (Å²) in [6.45, 7) is 5.16. The van der Waals surface area contributed by atoms with Gasteiger partial charge >= 0.3 is 0 Å². The van der Waals surface area contributed by atoms with Crippen molar-refractivity contribution in [3.63, 3.8) is 0 Å². The van der Waals surface area contributed by atoms with Crippen molar-refractivity contribution in [2.75, 3.05) is 11.9 Å². The summed E-state index contributed by atoms with van der Waals surface area (Å²) in [6.07, 6.45) is 4.05. The van der Waals surface area contributed by atoms with Crippen molar-refractivity contribution in [1.82, 2.24) is 0 Å². The molecule has 0 aromatic heterocycles. The van der Waals surface area contributed by atoms with E-state index in [4.69, 9.17) is 4.74 Å². The molecule has 3 nitrogen and oxygen atoms in total. The largest absolute Gasteiger partial charge is 0.381 e. The minimum Gasteiger partial charge on any atom is -0.381 e. The maximum Gasteiger partial charge on any atom is 0.101 e. The highest BCUT2D eigenvalue weighted by Crippen LogP contribution is 2.33. The average molecular weight is 337 g/mol. The summed E-state index contributed by atoms with van der Waals surface area (Å²) in [7, 11) is 0. The van der Waals surface area contributed by atoms with E-state index in [1.54, 1.807) is 0 Å². The molecule has 1 saturated heterocycles. The molecule has 108 valence electrons. The van der Waals surface area contributed by atoms with Crippen LogP contribution < -0.4 is 5.32 Å². The van der Waals surface area contributed by atoms with Crippen molar-refractivity contribution in [2.24, 2.45) is 0 Å². The Kier molecular flexibility index (Phi) is 5.06. The standard InChI is InChI=1S/C16H21BrN2O/c1-3-16(4-2)10-14(7-8-20-16)19-15-9-13(17)6-5-12(15)11-18/h5-6,9,14,19H,3-4,7-8,10H2,1-2H3. The summed E-state index contributed by atoms with van der Waals surface area (Å²) < 4.78 is 6.99. The normalized spacial score (nSPS) is 21.2. The number of hydrogen-bond donors (Lipinski definition) is 1. The van der Waals surface area contributed by atoms with Crippen LogP contribution in [-0.4, -0.2) is 18.2 Å². The number of benzene rings is 1. The lowest BCUT2D eigenvalue weighted by molar-refractivity contribution is -0.0864. The highest BCUT2D eigenvalue weighted by Gasteiger charge is 2.34. The van der Waals surface area contributed by atoms with Gasteiger partial charge in [0.25, 0.3) is 0 Å². The lowest BCUT2D eigenvalue weighted by Gasteiger charge is -2.40. The molecule has 0 saturated carbocycles. The van der Waals surface area contributed by atoms with E-state index in [2.05, 4.69) is 41.2 Å². The molecule has 1 N–H and O–H groups in total. The number of halogens is 1. The zero-order valence-corrected chi connectivity index (χ0v) is 13.7. The van der Waals surface area contributed by atoms with Gasteiger partial charge in [0.1, 0.15) is 6.07 Å². The molecular weight excluding hydrogens is 316 g/mol. The molecule has 0 amide bonds. The highest BCUT2D eigenvalue weighted by atomic mass is 79.9. The number of hydrogen-bond acceptors (Lipinski definition) is 3. The molecule has 4 heteroatoms. The molecule has 1 heterocycles. The average Bonchev–Trinajstić information content (AvgIpc) is 2.47. The maximum absolute atomic E-state index is 9.20. The van der Waals surface area contributed by atoms with Crippen LogP contribution in [0.5, 0.6) is 0 Å². The molecular formula is C16H21BrN2O. The van der Waals surface area contributed by atoms with E-state index in [1.807, 2.05) is 18.2 Å². The summed E-state index contributed by atoms with van der Waals surface area (Å²) in [4.78, 5) is 0. The summed E-state index contributed by atoms with van der Waals surface area (Å²) >= 11 is 3.47. The van der Waals surface area contributed by atoms with Crippen molar-refractivity contribution in [3.8, 4) is 6.07 Å². The first-order chi connectivity index (χ1) is 9.62. The minimum absolute atomic E-state index is 0.00522. The Balaban J connectivity index is 2.14. The van der Waals surface area contributed by atoms with E-state index in [0.29, 0.717) is 11.6 Å². The van der Waals surface area contributed by atoms with Crippen molar-refractivity contribution in [3.05, 3.63) is 28.2 Å². The van der Waals surface area contributed by atoms with Gasteiger partial charge in [-0.15, -0.1) is 0 Å². The number of ether oxygens (including phenoxy) is 1. The number of nitriles is 1. The number of anilines is 1. The fourth-order valence-electron chi connectivity index (χ4n) is 2.85. The van der Waals surface area contributed by atoms with Crippen molar-refractivity contribution >= 4 is 21.6 Å². The van der Waals surface area contributed by atoms with Crippen LogP contribution in [0.1, 0.15) is 45.1 Å². The minimum atomic E-state index is -0.00522. The first kappa shape index (κ1) is 15.3. The van der Waals surface area contributed by atoms with Gasteiger partial charge in [-0.3, -0.25) is 0 Å². The molecule has 1 aromatic carbocycles. The third kappa shape index (κ3) is 3.34. The van der Waals surface area contributed by atoms with Gasteiger partial charge in [-0.2, -0.15) is 5.26 Å². The monoisotopic (exact) mass is 336 g/mol. The highest BCUT2D eigenvalue weighted by molar-refractivity contribution is 9.10. The second-order valence-corrected chi connectivity index (χ2v) is 6.29. The first-order valence-corrected chi connectivity index (χ1v) is 8.02. The Labute approximate surface area is 129 Å². The van der Waals surface area contributed by atoms with E-state index in [-0.39, 0.29) is 5.60 Å². The molecule has 0 spiro atoms. The Morgan fingerprint density at radius 1 is 1.45 bits per heavy atom. The van der Waals surface area contributed by atoms with Crippen LogP contribution in [0.3, 0.4) is 0 Å². The summed E-state index contributed by atoms with van der Waals surface area (Å²) in [5.74, 6) is 0. The topological polar surface area (TPSA) is 45.0 Å². The first-order valence-electron chi connectivity index (χ1n) is 7.22. The molecule has 1 unspecified atom stereocenters. The Hall–Kier alpha value is -1.05. The number of nitrogens with one attached hydrogen (secondary N) is 1. The molecule has 0 bridgehead atoms. The summed E-state index contributed by atoms with van der Waals surface area (Å²) in [5.41, 5.74) is 1.60. The van der Waals surface area contributed by atoms with Gasteiger partial charge in [-0.1, -0.05) is 29.8 Å². The predicted octanol–water partition coefficient (Wildman–Crippen LogP) is 4.47. The number of nitrogens with zero attached hydrogens (tertiary/aromatic N) is 1. The Bertz CT molecular complexity index is 506. The van der Waals surface area contributed by atoms with Crippen LogP contribution in [0.4, 0.5) is 5.69 Å². The third-order valence-electron chi connectivity index (χ3n) is 4.24. The SMILES string of the molecule is CCC1(CC)CC(Nc2cc(Br)ccc2C#N)CCO1. The molecule has 0 radical (unpaired) electrons. The van der Waals surface area contributed by atoms with E-state index in [0.717, 1.165) is 42.5 Å². The van der Waals surface area contributed by atoms with Crippen molar-refractivity contribution < 1.29 is 4.74 Å². The maximum atomic E-state index is 9.20. The molecule has 1 aromatic rings. The molecule has 1 atom stereocenters. The summed E-state index contributed by atoms with van der Waals surface area (Å²) in [5, 5.41) is 12.7. The lowest BCUT2D eigenvalue weighted by atomic mass is 9.86. The van der Waals surface area contributed by atoms with Crippen LogP contribution in [-0.2, 0) is 4.74 Å². The molecule has 0 aliphatic carbocycles. The summed E-state index contributed by atoms with van der Waals surface area (Å²) in [6, 6.07) is 8.34. The van der Waals surface area contributed by atoms with Gasteiger partial charge in [0.05, 0.1) is 16.9 Å². The Morgan fingerprint density at radius 2 is 2.20 bits per heavy atom. The van der Waals surface area contributed by atoms with Gasteiger partial charge in [-0.05, 0) is 43.9 Å². The second kappa shape index (κ2) is 6.60. The molecule has 1 fully saturated rings. The molecule has 20 heavy (non-hydrogen) atoms. The fourth-order valence-corrected chi connectivity index (χ4v) is 3.21. The lowest BCUT2D eigenvalue weighted by Crippen LogP contribution is -2.43. The van der Waals surface area contributed by atoms with E-state index in [1.165, 1.54) is 0 Å². The second-order valence-electron chi connectivity index (χ2n) is 5.37. The zero-order valence-electron chi connectivity index (χ0n) is 12.1. The van der Waals surface area contributed by atoms with E-state index < -0.39 is 0 Å². The van der Waals surface area contributed by atoms with Gasteiger partial charge in [0, 0.05) is 17.1 Å². The number of rotatable bonds is 4. The van der Waals surface area contributed by atoms with Gasteiger partial charge in [0.2, 0.25) is 0 Å². The van der Waals surface area contributed by atoms with Crippen molar-refractivity contribution in [2.45, 2.75) is 51.2 Å². The predicted molar refractivity (Wildman–Crippen MR) is 84.8 cm³/mol. The van der Waals surface area contributed by atoms with E-state index in [9.17, 15) is 5.26 Å². The Morgan fingerprint density at radius 3 is 2.85 bits per heavy atom. The van der Waals surface area contributed by atoms with Crippen molar-refractivity contribution in [1.29, 1.82) is 5.26 Å². The van der Waals surface area contributed by atoms with Crippen LogP contribution in [0.15, 0.2) is 22.7 Å². The molecule has 2 rings (SSSR count). The van der Waals surface area contributed by atoms with Crippen LogP contribution >= 0.6 is 15.9 Å². The zero-order chi connectivity index (χ0) is 14.6. The van der Waals surface area contributed by atoms with Gasteiger partial charge in [0.15, 0.2) is 0 Å². The van der Waals surface area contributed by atoms with Crippen LogP contribution in [0.2, 0.25) is 0 Å². The van der Waals surface area contributed by atoms with E-state index >= 15 is 0 Å². The smallest absolute Gasteiger partial charge is 0.101 e. The van der Waals surface area contributed by atoms with Gasteiger partial charge < -0.3 is 10.1 Å². The fraction of sp³-hybridized carbons (Fsp3) is 0.562. The molecule has 1 aliphatic rings.